The average Bonchev–Trinajstić information content (AvgIpc) is 2.68. The van der Waals surface area contributed by atoms with Gasteiger partial charge in [-0.05, 0) is 24.3 Å². The first kappa shape index (κ1) is 17.5. The van der Waals surface area contributed by atoms with Crippen LogP contribution in [-0.4, -0.2) is 40.1 Å². The minimum Gasteiger partial charge on any atom is -0.490 e. The molecule has 0 aliphatic carbocycles. The number of ether oxygens (including phenoxy) is 1. The van der Waals surface area contributed by atoms with E-state index < -0.39 is 5.91 Å². The number of fused-ring (bicyclic) bond motifs is 1. The van der Waals surface area contributed by atoms with Crippen LogP contribution in [0.2, 0.25) is 5.02 Å². The number of nitrogens with two attached hydrogens (primary N) is 1. The fraction of sp³-hybridized carbons (Fsp3) is 0.263. The van der Waals surface area contributed by atoms with Gasteiger partial charge < -0.3 is 15.4 Å². The molecule has 1 fully saturated rings. The second-order valence-electron chi connectivity index (χ2n) is 6.40. The molecule has 0 atom stereocenters. The fourth-order valence-electron chi connectivity index (χ4n) is 3.27. The first-order valence-corrected chi connectivity index (χ1v) is 9.05. The van der Waals surface area contributed by atoms with Gasteiger partial charge in [0, 0.05) is 48.6 Å². The molecule has 2 N–H and O–H groups in total. The van der Waals surface area contributed by atoms with Gasteiger partial charge >= 0.3 is 0 Å². The van der Waals surface area contributed by atoms with E-state index in [1.807, 2.05) is 18.2 Å². The van der Waals surface area contributed by atoms with Crippen molar-refractivity contribution in [3.8, 4) is 5.75 Å². The van der Waals surface area contributed by atoms with Gasteiger partial charge in [-0.3, -0.25) is 9.78 Å². The Kier molecular flexibility index (Phi) is 4.77. The molecule has 2 aromatic heterocycles. The number of carbonyl (C=O) groups excluding carboxylic acids is 1. The highest BCUT2D eigenvalue weighted by molar-refractivity contribution is 6.31. The van der Waals surface area contributed by atoms with Crippen molar-refractivity contribution in [2.75, 3.05) is 18.0 Å². The van der Waals surface area contributed by atoms with Gasteiger partial charge in [0.05, 0.1) is 5.52 Å². The molecule has 1 aliphatic heterocycles. The van der Waals surface area contributed by atoms with E-state index in [4.69, 9.17) is 22.1 Å². The number of benzene rings is 1. The maximum atomic E-state index is 11.3. The largest absolute Gasteiger partial charge is 0.490 e. The molecule has 0 radical (unpaired) electrons. The number of hydrogen-bond acceptors (Lipinski definition) is 6. The normalized spacial score (nSPS) is 15.1. The molecule has 1 aliphatic rings. The lowest BCUT2D eigenvalue weighted by molar-refractivity contribution is 0.0994. The van der Waals surface area contributed by atoms with Crippen molar-refractivity contribution >= 4 is 34.2 Å². The van der Waals surface area contributed by atoms with Crippen molar-refractivity contribution in [1.29, 1.82) is 0 Å². The third-order valence-corrected chi connectivity index (χ3v) is 4.84. The topological polar surface area (TPSA) is 94.2 Å². The number of hydrogen-bond donors (Lipinski definition) is 1. The molecule has 7 nitrogen and oxygen atoms in total. The van der Waals surface area contributed by atoms with Crippen LogP contribution in [0, 0.1) is 0 Å². The van der Waals surface area contributed by atoms with Crippen molar-refractivity contribution in [3.05, 3.63) is 53.6 Å². The molecule has 8 heteroatoms. The van der Waals surface area contributed by atoms with Crippen molar-refractivity contribution in [1.82, 2.24) is 15.0 Å². The molecule has 0 unspecified atom stereocenters. The smallest absolute Gasteiger partial charge is 0.267 e. The highest BCUT2D eigenvalue weighted by Crippen LogP contribution is 2.28. The van der Waals surface area contributed by atoms with Gasteiger partial charge in [-0.15, -0.1) is 0 Å². The number of piperidine rings is 1. The first-order chi connectivity index (χ1) is 13.1. The molecule has 4 rings (SSSR count). The summed E-state index contributed by atoms with van der Waals surface area (Å²) < 4.78 is 6.01. The third-order valence-electron chi connectivity index (χ3n) is 4.61. The number of nitrogens with zero attached hydrogens (tertiary/aromatic N) is 4. The van der Waals surface area contributed by atoms with E-state index in [1.54, 1.807) is 18.5 Å². The van der Waals surface area contributed by atoms with Gasteiger partial charge in [-0.1, -0.05) is 11.6 Å². The van der Waals surface area contributed by atoms with E-state index in [2.05, 4.69) is 19.9 Å². The maximum Gasteiger partial charge on any atom is 0.267 e. The van der Waals surface area contributed by atoms with Crippen LogP contribution in [0.4, 0.5) is 5.82 Å². The zero-order valence-electron chi connectivity index (χ0n) is 14.5. The standard InChI is InChI=1S/C19H18ClN5O2/c20-12-1-2-15-16(9-12)23-11-24-19(15)25-7-4-13(5-8-25)27-14-3-6-22-17(10-14)18(21)26/h1-3,6,9-11,13H,4-5,7-8H2,(H2,21,26). The van der Waals surface area contributed by atoms with Gasteiger partial charge in [-0.25, -0.2) is 9.97 Å². The van der Waals surface area contributed by atoms with Crippen LogP contribution in [0.5, 0.6) is 5.75 Å². The van der Waals surface area contributed by atoms with Gasteiger partial charge in [0.25, 0.3) is 5.91 Å². The summed E-state index contributed by atoms with van der Waals surface area (Å²) in [4.78, 5) is 26.2. The van der Waals surface area contributed by atoms with Crippen LogP contribution in [0.15, 0.2) is 42.9 Å². The van der Waals surface area contributed by atoms with Crippen molar-refractivity contribution in [3.63, 3.8) is 0 Å². The number of carbonyl (C=O) groups is 1. The molecule has 0 saturated carbocycles. The summed E-state index contributed by atoms with van der Waals surface area (Å²) in [6.45, 7) is 1.63. The molecule has 1 amide bonds. The maximum absolute atomic E-state index is 11.3. The van der Waals surface area contributed by atoms with E-state index >= 15 is 0 Å². The predicted octanol–water partition coefficient (Wildman–Crippen LogP) is 2.82. The van der Waals surface area contributed by atoms with E-state index in [9.17, 15) is 4.79 Å². The van der Waals surface area contributed by atoms with Crippen LogP contribution < -0.4 is 15.4 Å². The van der Waals surface area contributed by atoms with Crippen LogP contribution >= 0.6 is 11.6 Å². The second kappa shape index (κ2) is 7.36. The van der Waals surface area contributed by atoms with Crippen molar-refractivity contribution in [2.45, 2.75) is 18.9 Å². The van der Waals surface area contributed by atoms with E-state index in [-0.39, 0.29) is 11.8 Å². The molecule has 1 saturated heterocycles. The summed E-state index contributed by atoms with van der Waals surface area (Å²) in [5.74, 6) is 0.959. The second-order valence-corrected chi connectivity index (χ2v) is 6.84. The highest BCUT2D eigenvalue weighted by Gasteiger charge is 2.23. The molecule has 0 spiro atoms. The Labute approximate surface area is 161 Å². The van der Waals surface area contributed by atoms with E-state index in [0.717, 1.165) is 42.7 Å². The number of anilines is 1. The lowest BCUT2D eigenvalue weighted by Gasteiger charge is -2.33. The summed E-state index contributed by atoms with van der Waals surface area (Å²) in [6, 6.07) is 8.97. The number of rotatable bonds is 4. The highest BCUT2D eigenvalue weighted by atomic mass is 35.5. The number of primary amides is 1. The summed E-state index contributed by atoms with van der Waals surface area (Å²) in [7, 11) is 0. The summed E-state index contributed by atoms with van der Waals surface area (Å²) in [5.41, 5.74) is 6.31. The molecule has 0 bridgehead atoms. The molecular formula is C19H18ClN5O2. The first-order valence-electron chi connectivity index (χ1n) is 8.68. The zero-order valence-corrected chi connectivity index (χ0v) is 15.3. The Morgan fingerprint density at radius 2 is 1.96 bits per heavy atom. The Morgan fingerprint density at radius 1 is 1.15 bits per heavy atom. The summed E-state index contributed by atoms with van der Waals surface area (Å²) in [6.07, 6.45) is 4.84. The lowest BCUT2D eigenvalue weighted by atomic mass is 10.1. The molecular weight excluding hydrogens is 366 g/mol. The zero-order chi connectivity index (χ0) is 18.8. The van der Waals surface area contributed by atoms with Crippen LogP contribution in [0.3, 0.4) is 0 Å². The summed E-state index contributed by atoms with van der Waals surface area (Å²) >= 11 is 6.06. The van der Waals surface area contributed by atoms with Crippen molar-refractivity contribution in [2.24, 2.45) is 5.73 Å². The third kappa shape index (κ3) is 3.78. The Balaban J connectivity index is 1.45. The quantitative estimate of drug-likeness (QED) is 0.744. The Morgan fingerprint density at radius 3 is 2.74 bits per heavy atom. The number of pyridine rings is 1. The molecule has 3 aromatic rings. The van der Waals surface area contributed by atoms with Gasteiger partial charge in [0.1, 0.15) is 29.7 Å². The van der Waals surface area contributed by atoms with E-state index in [1.165, 1.54) is 6.20 Å². The molecule has 1 aromatic carbocycles. The van der Waals surface area contributed by atoms with Gasteiger partial charge in [0.15, 0.2) is 0 Å². The predicted molar refractivity (Wildman–Crippen MR) is 103 cm³/mol. The van der Waals surface area contributed by atoms with Crippen LogP contribution in [0.1, 0.15) is 23.3 Å². The van der Waals surface area contributed by atoms with Gasteiger partial charge in [0.2, 0.25) is 0 Å². The average molecular weight is 384 g/mol. The Bertz CT molecular complexity index is 989. The van der Waals surface area contributed by atoms with Gasteiger partial charge in [-0.2, -0.15) is 0 Å². The summed E-state index contributed by atoms with van der Waals surface area (Å²) in [5, 5.41) is 1.65. The monoisotopic (exact) mass is 383 g/mol. The number of aromatic nitrogens is 3. The minimum absolute atomic E-state index is 0.0620. The number of halogens is 1. The Hall–Kier alpha value is -2.93. The molecule has 138 valence electrons. The van der Waals surface area contributed by atoms with Crippen LogP contribution in [0.25, 0.3) is 10.9 Å². The van der Waals surface area contributed by atoms with E-state index in [0.29, 0.717) is 10.8 Å². The number of amides is 1. The fourth-order valence-corrected chi connectivity index (χ4v) is 3.43. The minimum atomic E-state index is -0.564. The lowest BCUT2D eigenvalue weighted by Crippen LogP contribution is -2.38. The molecule has 27 heavy (non-hydrogen) atoms. The SMILES string of the molecule is NC(=O)c1cc(OC2CCN(c3ncnc4cc(Cl)ccc34)CC2)ccn1. The molecule has 3 heterocycles. The van der Waals surface area contributed by atoms with Crippen LogP contribution in [-0.2, 0) is 0 Å². The van der Waals surface area contributed by atoms with Crippen molar-refractivity contribution < 1.29 is 9.53 Å².